The lowest BCUT2D eigenvalue weighted by Crippen LogP contribution is -2.38. The van der Waals surface area contributed by atoms with Crippen molar-refractivity contribution < 1.29 is 13.9 Å². The lowest BCUT2D eigenvalue weighted by Gasteiger charge is -2.27. The van der Waals surface area contributed by atoms with Crippen LogP contribution in [0.4, 0.5) is 4.39 Å². The molecule has 1 aliphatic rings. The van der Waals surface area contributed by atoms with Crippen LogP contribution in [0.25, 0.3) is 10.9 Å². The summed E-state index contributed by atoms with van der Waals surface area (Å²) in [6, 6.07) is 6.03. The van der Waals surface area contributed by atoms with E-state index in [4.69, 9.17) is 9.47 Å². The van der Waals surface area contributed by atoms with E-state index in [0.29, 0.717) is 44.0 Å². The number of H-pyrrole nitrogens is 1. The first-order valence-corrected chi connectivity index (χ1v) is 7.32. The van der Waals surface area contributed by atoms with Gasteiger partial charge in [0, 0.05) is 30.2 Å². The number of para-hydroxylation sites is 1. The van der Waals surface area contributed by atoms with E-state index in [-0.39, 0.29) is 17.0 Å². The summed E-state index contributed by atoms with van der Waals surface area (Å²) in [5.74, 6) is -0.414. The summed E-state index contributed by atoms with van der Waals surface area (Å²) in [6.45, 7) is 3.03. The SMILES string of the molecule is CN(Cc1cc(=O)c2cccc(F)c2[nH]1)CC1COCCO1. The fourth-order valence-electron chi connectivity index (χ4n) is 2.72. The molecule has 5 nitrogen and oxygen atoms in total. The van der Waals surface area contributed by atoms with E-state index in [1.807, 2.05) is 11.9 Å². The molecule has 0 bridgehead atoms. The number of likely N-dealkylation sites (N-methyl/N-ethyl adjacent to an activating group) is 1. The number of fused-ring (bicyclic) bond motifs is 1. The number of pyridine rings is 1. The number of aromatic amines is 1. The van der Waals surface area contributed by atoms with Crippen molar-refractivity contribution in [3.05, 3.63) is 46.0 Å². The van der Waals surface area contributed by atoms with Gasteiger partial charge in [-0.3, -0.25) is 9.69 Å². The van der Waals surface area contributed by atoms with Crippen molar-refractivity contribution in [2.45, 2.75) is 12.6 Å². The summed E-state index contributed by atoms with van der Waals surface area (Å²) < 4.78 is 24.8. The molecule has 1 atom stereocenters. The molecule has 2 heterocycles. The van der Waals surface area contributed by atoms with Gasteiger partial charge in [0.2, 0.25) is 0 Å². The lowest BCUT2D eigenvalue weighted by atomic mass is 10.2. The minimum absolute atomic E-state index is 0.0302. The molecule has 1 unspecified atom stereocenters. The molecule has 3 rings (SSSR count). The minimum atomic E-state index is -0.414. The normalized spacial score (nSPS) is 19.0. The molecule has 6 heteroatoms. The van der Waals surface area contributed by atoms with E-state index >= 15 is 0 Å². The van der Waals surface area contributed by atoms with E-state index in [9.17, 15) is 9.18 Å². The Labute approximate surface area is 127 Å². The van der Waals surface area contributed by atoms with Crippen LogP contribution in [0, 0.1) is 5.82 Å². The van der Waals surface area contributed by atoms with Crippen molar-refractivity contribution >= 4 is 10.9 Å². The highest BCUT2D eigenvalue weighted by Crippen LogP contribution is 2.13. The van der Waals surface area contributed by atoms with Crippen LogP contribution in [-0.4, -0.2) is 49.4 Å². The zero-order valence-corrected chi connectivity index (χ0v) is 12.5. The summed E-state index contributed by atoms with van der Waals surface area (Å²) in [7, 11) is 1.93. The van der Waals surface area contributed by atoms with Crippen molar-refractivity contribution in [3.8, 4) is 0 Å². The first-order chi connectivity index (χ1) is 10.6. The van der Waals surface area contributed by atoms with E-state index in [1.54, 1.807) is 12.1 Å². The number of nitrogens with zero attached hydrogens (tertiary/aromatic N) is 1. The van der Waals surface area contributed by atoms with Crippen LogP contribution in [0.15, 0.2) is 29.1 Å². The van der Waals surface area contributed by atoms with Gasteiger partial charge in [0.05, 0.1) is 31.4 Å². The molecule has 1 aromatic heterocycles. The van der Waals surface area contributed by atoms with Crippen molar-refractivity contribution in [2.24, 2.45) is 0 Å². The van der Waals surface area contributed by atoms with Gasteiger partial charge in [-0.1, -0.05) is 6.07 Å². The zero-order valence-electron chi connectivity index (χ0n) is 12.5. The van der Waals surface area contributed by atoms with Crippen LogP contribution in [0.2, 0.25) is 0 Å². The molecule has 1 N–H and O–H groups in total. The molecule has 0 aliphatic carbocycles. The Morgan fingerprint density at radius 2 is 2.27 bits per heavy atom. The fraction of sp³-hybridized carbons (Fsp3) is 0.438. The Balaban J connectivity index is 1.75. The van der Waals surface area contributed by atoms with Gasteiger partial charge < -0.3 is 14.5 Å². The van der Waals surface area contributed by atoms with Crippen LogP contribution >= 0.6 is 0 Å². The summed E-state index contributed by atoms with van der Waals surface area (Å²) >= 11 is 0. The topological polar surface area (TPSA) is 54.6 Å². The maximum atomic E-state index is 13.8. The van der Waals surface area contributed by atoms with Crippen molar-refractivity contribution in [1.29, 1.82) is 0 Å². The quantitative estimate of drug-likeness (QED) is 0.930. The van der Waals surface area contributed by atoms with Crippen LogP contribution in [0.1, 0.15) is 5.69 Å². The van der Waals surface area contributed by atoms with Crippen LogP contribution in [0.5, 0.6) is 0 Å². The molecule has 0 saturated carbocycles. The second-order valence-corrected chi connectivity index (χ2v) is 5.59. The van der Waals surface area contributed by atoms with E-state index in [1.165, 1.54) is 12.1 Å². The molecule has 1 fully saturated rings. The Morgan fingerprint density at radius 1 is 1.41 bits per heavy atom. The number of hydrogen-bond donors (Lipinski definition) is 1. The maximum absolute atomic E-state index is 13.8. The summed E-state index contributed by atoms with van der Waals surface area (Å²) in [4.78, 5) is 17.1. The molecule has 0 spiro atoms. The minimum Gasteiger partial charge on any atom is -0.376 e. The third-order valence-corrected chi connectivity index (χ3v) is 3.71. The van der Waals surface area contributed by atoms with Gasteiger partial charge >= 0.3 is 0 Å². The Bertz CT molecular complexity index is 710. The van der Waals surface area contributed by atoms with E-state index < -0.39 is 5.82 Å². The molecular formula is C16H19FN2O3. The lowest BCUT2D eigenvalue weighted by molar-refractivity contribution is -0.0963. The number of rotatable bonds is 4. The molecule has 1 aliphatic heterocycles. The largest absolute Gasteiger partial charge is 0.376 e. The van der Waals surface area contributed by atoms with Crippen molar-refractivity contribution in [1.82, 2.24) is 9.88 Å². The van der Waals surface area contributed by atoms with Gasteiger partial charge in [-0.25, -0.2) is 4.39 Å². The molecule has 1 saturated heterocycles. The summed E-state index contributed by atoms with van der Waals surface area (Å²) in [5, 5.41) is 0.371. The van der Waals surface area contributed by atoms with E-state index in [2.05, 4.69) is 4.98 Å². The molecule has 22 heavy (non-hydrogen) atoms. The Hall–Kier alpha value is -1.76. The fourth-order valence-corrected chi connectivity index (χ4v) is 2.72. The standard InChI is InChI=1S/C16H19FN2O3/c1-19(9-12-10-21-5-6-22-12)8-11-7-15(20)13-3-2-4-14(17)16(13)18-11/h2-4,7,12H,5-6,8-10H2,1H3,(H,18,20). The third-order valence-electron chi connectivity index (χ3n) is 3.71. The number of hydrogen-bond acceptors (Lipinski definition) is 4. The van der Waals surface area contributed by atoms with Crippen LogP contribution in [0.3, 0.4) is 0 Å². The smallest absolute Gasteiger partial charge is 0.189 e. The van der Waals surface area contributed by atoms with Crippen molar-refractivity contribution in [3.63, 3.8) is 0 Å². The van der Waals surface area contributed by atoms with Gasteiger partial charge in [-0.2, -0.15) is 0 Å². The highest BCUT2D eigenvalue weighted by Gasteiger charge is 2.17. The summed E-state index contributed by atoms with van der Waals surface area (Å²) in [5.41, 5.74) is 0.770. The van der Waals surface area contributed by atoms with E-state index in [0.717, 1.165) is 0 Å². The molecular weight excluding hydrogens is 287 g/mol. The molecule has 2 aromatic rings. The van der Waals surface area contributed by atoms with Gasteiger partial charge in [0.25, 0.3) is 0 Å². The Kier molecular flexibility index (Phi) is 4.52. The predicted molar refractivity (Wildman–Crippen MR) is 81.4 cm³/mol. The van der Waals surface area contributed by atoms with Gasteiger partial charge in [-0.05, 0) is 19.2 Å². The number of aromatic nitrogens is 1. The average molecular weight is 306 g/mol. The number of halogens is 1. The van der Waals surface area contributed by atoms with Crippen molar-refractivity contribution in [2.75, 3.05) is 33.4 Å². The summed E-state index contributed by atoms with van der Waals surface area (Å²) in [6.07, 6.45) is 0.0302. The predicted octanol–water partition coefficient (Wildman–Crippen LogP) is 1.51. The second kappa shape index (κ2) is 6.56. The number of benzene rings is 1. The third kappa shape index (κ3) is 3.35. The average Bonchev–Trinajstić information content (AvgIpc) is 2.49. The van der Waals surface area contributed by atoms with Crippen LogP contribution < -0.4 is 5.43 Å². The zero-order chi connectivity index (χ0) is 15.5. The Morgan fingerprint density at radius 3 is 3.05 bits per heavy atom. The first-order valence-electron chi connectivity index (χ1n) is 7.32. The molecule has 118 valence electrons. The number of nitrogens with one attached hydrogen (secondary N) is 1. The second-order valence-electron chi connectivity index (χ2n) is 5.59. The molecule has 1 aromatic carbocycles. The highest BCUT2D eigenvalue weighted by molar-refractivity contribution is 5.78. The van der Waals surface area contributed by atoms with Gasteiger partial charge in [0.1, 0.15) is 5.82 Å². The monoisotopic (exact) mass is 306 g/mol. The first kappa shape index (κ1) is 15.1. The number of ether oxygens (including phenoxy) is 2. The van der Waals surface area contributed by atoms with Gasteiger partial charge in [0.15, 0.2) is 5.43 Å². The molecule has 0 radical (unpaired) electrons. The highest BCUT2D eigenvalue weighted by atomic mass is 19.1. The van der Waals surface area contributed by atoms with Gasteiger partial charge in [-0.15, -0.1) is 0 Å². The van der Waals surface area contributed by atoms with Crippen LogP contribution in [-0.2, 0) is 16.0 Å². The maximum Gasteiger partial charge on any atom is 0.189 e. The molecule has 0 amide bonds.